The van der Waals surface area contributed by atoms with Gasteiger partial charge in [-0.05, 0) is 67.6 Å². The summed E-state index contributed by atoms with van der Waals surface area (Å²) in [4.78, 5) is 51.8. The summed E-state index contributed by atoms with van der Waals surface area (Å²) >= 11 is 0. The van der Waals surface area contributed by atoms with E-state index in [0.717, 1.165) is 11.1 Å². The smallest absolute Gasteiger partial charge is 0.251 e. The average Bonchev–Trinajstić information content (AvgIpc) is 3.53. The molecular formula is C35H43N5O6. The van der Waals surface area contributed by atoms with E-state index in [4.69, 9.17) is 9.47 Å². The van der Waals surface area contributed by atoms with Crippen molar-refractivity contribution in [2.75, 3.05) is 19.9 Å². The quantitative estimate of drug-likeness (QED) is 0.174. The topological polar surface area (TPSA) is 147 Å². The third kappa shape index (κ3) is 9.55. The van der Waals surface area contributed by atoms with E-state index in [1.807, 2.05) is 63.2 Å². The standard InChI is InChI=1S/C35H43N5O6/c1-5-36-35(44)31(22(2)3)40-32(41)23(4)37-20-28(16-24-10-7-6-8-11-24)39-34(43)27-13-9-12-26(18-27)33(42)38-19-25-14-15-29-30(17-25)46-21-45-29/h6-15,17-18,22-23,28,31,37H,5,16,19-21H2,1-4H3,(H,36,44)(H,38,42)(H,39,43)(H,40,41)/t23-,28-,31-/m0/s1. The molecule has 1 heterocycles. The van der Waals surface area contributed by atoms with Crippen molar-refractivity contribution in [2.24, 2.45) is 5.92 Å². The van der Waals surface area contributed by atoms with E-state index >= 15 is 0 Å². The molecule has 3 aromatic rings. The van der Waals surface area contributed by atoms with Crippen LogP contribution in [0.1, 0.15) is 59.5 Å². The minimum atomic E-state index is -0.655. The summed E-state index contributed by atoms with van der Waals surface area (Å²) in [5, 5.41) is 14.8. The van der Waals surface area contributed by atoms with E-state index in [1.54, 1.807) is 37.3 Å². The number of benzene rings is 3. The van der Waals surface area contributed by atoms with Crippen molar-refractivity contribution < 1.29 is 28.7 Å². The molecule has 0 radical (unpaired) electrons. The normalized spacial score (nSPS) is 13.8. The Morgan fingerprint density at radius 2 is 1.46 bits per heavy atom. The van der Waals surface area contributed by atoms with Gasteiger partial charge in [-0.15, -0.1) is 0 Å². The van der Waals surface area contributed by atoms with E-state index in [9.17, 15) is 19.2 Å². The molecule has 4 amide bonds. The molecule has 0 bridgehead atoms. The van der Waals surface area contributed by atoms with Gasteiger partial charge in [-0.2, -0.15) is 0 Å². The van der Waals surface area contributed by atoms with E-state index in [1.165, 1.54) is 0 Å². The largest absolute Gasteiger partial charge is 0.454 e. The van der Waals surface area contributed by atoms with Gasteiger partial charge in [-0.1, -0.05) is 56.3 Å². The summed E-state index contributed by atoms with van der Waals surface area (Å²) in [6.45, 7) is 8.52. The van der Waals surface area contributed by atoms with Crippen molar-refractivity contribution in [3.8, 4) is 11.5 Å². The monoisotopic (exact) mass is 629 g/mol. The lowest BCUT2D eigenvalue weighted by Crippen LogP contribution is -2.55. The number of hydrogen-bond donors (Lipinski definition) is 5. The van der Waals surface area contributed by atoms with Crippen LogP contribution in [0.3, 0.4) is 0 Å². The number of fused-ring (bicyclic) bond motifs is 1. The maximum Gasteiger partial charge on any atom is 0.251 e. The molecule has 244 valence electrons. The maximum absolute atomic E-state index is 13.4. The summed E-state index contributed by atoms with van der Waals surface area (Å²) < 4.78 is 10.7. The summed E-state index contributed by atoms with van der Waals surface area (Å²) in [5.74, 6) is 0.0191. The highest BCUT2D eigenvalue weighted by Crippen LogP contribution is 2.32. The highest BCUT2D eigenvalue weighted by Gasteiger charge is 2.26. The first kappa shape index (κ1) is 34.0. The van der Waals surface area contributed by atoms with Crippen LogP contribution in [0.15, 0.2) is 72.8 Å². The lowest BCUT2D eigenvalue weighted by molar-refractivity contribution is -0.130. The highest BCUT2D eigenvalue weighted by atomic mass is 16.7. The zero-order chi connectivity index (χ0) is 33.1. The van der Waals surface area contributed by atoms with Crippen molar-refractivity contribution in [3.05, 3.63) is 95.1 Å². The van der Waals surface area contributed by atoms with E-state index in [-0.39, 0.29) is 48.9 Å². The Hall–Kier alpha value is -4.90. The Kier molecular flexibility index (Phi) is 12.1. The van der Waals surface area contributed by atoms with Gasteiger partial charge in [-0.25, -0.2) is 0 Å². The third-order valence-electron chi connectivity index (χ3n) is 7.60. The van der Waals surface area contributed by atoms with Crippen molar-refractivity contribution in [2.45, 2.75) is 58.8 Å². The molecule has 0 saturated carbocycles. The van der Waals surface area contributed by atoms with Crippen molar-refractivity contribution >= 4 is 23.6 Å². The zero-order valence-corrected chi connectivity index (χ0v) is 26.7. The molecule has 1 aliphatic rings. The lowest BCUT2D eigenvalue weighted by atomic mass is 10.0. The van der Waals surface area contributed by atoms with Crippen LogP contribution in [-0.4, -0.2) is 61.6 Å². The van der Waals surface area contributed by atoms with Gasteiger partial charge in [0.15, 0.2) is 11.5 Å². The van der Waals surface area contributed by atoms with E-state index in [0.29, 0.717) is 42.1 Å². The van der Waals surface area contributed by atoms with E-state index in [2.05, 4.69) is 26.6 Å². The fraction of sp³-hybridized carbons (Fsp3) is 0.371. The number of likely N-dealkylation sites (N-methyl/N-ethyl adjacent to an activating group) is 1. The second kappa shape index (κ2) is 16.4. The molecule has 11 nitrogen and oxygen atoms in total. The molecule has 0 spiro atoms. The highest BCUT2D eigenvalue weighted by molar-refractivity contribution is 5.99. The number of rotatable bonds is 15. The van der Waals surface area contributed by atoms with Gasteiger partial charge in [0, 0.05) is 36.8 Å². The van der Waals surface area contributed by atoms with Gasteiger partial charge in [0.05, 0.1) is 6.04 Å². The van der Waals surface area contributed by atoms with E-state index < -0.39 is 12.1 Å². The van der Waals surface area contributed by atoms with Crippen LogP contribution in [0.2, 0.25) is 0 Å². The molecule has 46 heavy (non-hydrogen) atoms. The van der Waals surface area contributed by atoms with Gasteiger partial charge in [0.25, 0.3) is 11.8 Å². The van der Waals surface area contributed by atoms with Crippen molar-refractivity contribution in [1.82, 2.24) is 26.6 Å². The zero-order valence-electron chi connectivity index (χ0n) is 26.7. The minimum Gasteiger partial charge on any atom is -0.454 e. The number of hydrogen-bond acceptors (Lipinski definition) is 7. The van der Waals surface area contributed by atoms with Crippen LogP contribution in [0.25, 0.3) is 0 Å². The summed E-state index contributed by atoms with van der Waals surface area (Å²) in [5.41, 5.74) is 2.55. The second-order valence-corrected chi connectivity index (χ2v) is 11.6. The van der Waals surface area contributed by atoms with Gasteiger partial charge in [0.1, 0.15) is 6.04 Å². The van der Waals surface area contributed by atoms with Crippen LogP contribution in [0.4, 0.5) is 0 Å². The first-order chi connectivity index (χ1) is 22.1. The molecule has 0 fully saturated rings. The second-order valence-electron chi connectivity index (χ2n) is 11.6. The Morgan fingerprint density at radius 3 is 2.17 bits per heavy atom. The van der Waals surface area contributed by atoms with Crippen LogP contribution >= 0.6 is 0 Å². The molecular weight excluding hydrogens is 586 g/mol. The first-order valence-corrected chi connectivity index (χ1v) is 15.6. The molecule has 4 rings (SSSR count). The summed E-state index contributed by atoms with van der Waals surface area (Å²) in [6, 6.07) is 20.1. The fourth-order valence-corrected chi connectivity index (χ4v) is 4.99. The number of nitrogens with one attached hydrogen (secondary N) is 5. The molecule has 5 N–H and O–H groups in total. The molecule has 3 aromatic carbocycles. The molecule has 0 unspecified atom stereocenters. The van der Waals surface area contributed by atoms with Gasteiger partial charge >= 0.3 is 0 Å². The van der Waals surface area contributed by atoms with Crippen molar-refractivity contribution in [3.63, 3.8) is 0 Å². The minimum absolute atomic E-state index is 0.0886. The lowest BCUT2D eigenvalue weighted by Gasteiger charge is -2.25. The number of carbonyl (C=O) groups excluding carboxylic acids is 4. The number of amides is 4. The van der Waals surface area contributed by atoms with Gasteiger partial charge < -0.3 is 36.1 Å². The first-order valence-electron chi connectivity index (χ1n) is 15.6. The van der Waals surface area contributed by atoms with Crippen LogP contribution in [0, 0.1) is 5.92 Å². The molecule has 11 heteroatoms. The Labute approximate surface area is 269 Å². The Morgan fingerprint density at radius 1 is 0.739 bits per heavy atom. The molecule has 1 aliphatic heterocycles. The third-order valence-corrected chi connectivity index (χ3v) is 7.60. The van der Waals surface area contributed by atoms with Crippen LogP contribution in [-0.2, 0) is 22.6 Å². The molecule has 0 saturated heterocycles. The van der Waals surface area contributed by atoms with Crippen LogP contribution in [0.5, 0.6) is 11.5 Å². The predicted octanol–water partition coefficient (Wildman–Crippen LogP) is 2.94. The number of ether oxygens (including phenoxy) is 2. The maximum atomic E-state index is 13.4. The van der Waals surface area contributed by atoms with Crippen molar-refractivity contribution in [1.29, 1.82) is 0 Å². The van der Waals surface area contributed by atoms with Gasteiger partial charge in [-0.3, -0.25) is 19.2 Å². The fourth-order valence-electron chi connectivity index (χ4n) is 4.99. The SMILES string of the molecule is CCNC(=O)[C@@H](NC(=O)[C@H](C)NC[C@H](Cc1ccccc1)NC(=O)c1cccc(C(=O)NCc2ccc3c(c2)OCO3)c1)C(C)C. The van der Waals surface area contributed by atoms with Crippen LogP contribution < -0.4 is 36.1 Å². The average molecular weight is 630 g/mol. The molecule has 3 atom stereocenters. The predicted molar refractivity (Wildman–Crippen MR) is 174 cm³/mol. The number of carbonyl (C=O) groups is 4. The Balaban J connectivity index is 1.38. The molecule has 0 aliphatic carbocycles. The Bertz CT molecular complexity index is 1510. The summed E-state index contributed by atoms with van der Waals surface area (Å²) in [6.07, 6.45) is 0.511. The van der Waals surface area contributed by atoms with Gasteiger partial charge in [0.2, 0.25) is 18.6 Å². The summed E-state index contributed by atoms with van der Waals surface area (Å²) in [7, 11) is 0. The molecule has 0 aromatic heterocycles.